The molecular formula is C24H25F3N2O2. The van der Waals surface area contributed by atoms with Crippen LogP contribution in [0.15, 0.2) is 48.7 Å². The highest BCUT2D eigenvalue weighted by molar-refractivity contribution is 5.88. The lowest BCUT2D eigenvalue weighted by atomic mass is 9.86. The predicted octanol–water partition coefficient (Wildman–Crippen LogP) is 5.13. The van der Waals surface area contributed by atoms with Crippen LogP contribution in [0.1, 0.15) is 41.5 Å². The number of carbonyl (C=O) groups excluding carboxylic acids is 1. The SMILES string of the molecule is CCc1cccc2c(C(CC(=O)N3CCOCC3)c3cccc(C(F)(F)F)c3)c[nH]c12. The maximum Gasteiger partial charge on any atom is 0.416 e. The van der Waals surface area contributed by atoms with Crippen LogP contribution in [0.2, 0.25) is 0 Å². The van der Waals surface area contributed by atoms with Crippen LogP contribution in [0, 0.1) is 0 Å². The fourth-order valence-corrected chi connectivity index (χ4v) is 4.28. The van der Waals surface area contributed by atoms with E-state index in [0.29, 0.717) is 31.9 Å². The molecule has 2 aromatic carbocycles. The molecule has 1 aromatic heterocycles. The number of ether oxygens (including phenoxy) is 1. The normalized spacial score (nSPS) is 15.9. The van der Waals surface area contributed by atoms with Crippen LogP contribution < -0.4 is 0 Å². The Morgan fingerprint density at radius 2 is 1.90 bits per heavy atom. The molecule has 4 nitrogen and oxygen atoms in total. The average Bonchev–Trinajstić information content (AvgIpc) is 3.21. The molecule has 1 amide bonds. The summed E-state index contributed by atoms with van der Waals surface area (Å²) < 4.78 is 45.5. The molecular weight excluding hydrogens is 405 g/mol. The molecule has 1 saturated heterocycles. The Kier molecular flexibility index (Phi) is 6.05. The van der Waals surface area contributed by atoms with Gasteiger partial charge in [-0.3, -0.25) is 4.79 Å². The average molecular weight is 430 g/mol. The van der Waals surface area contributed by atoms with Crippen LogP contribution in [-0.2, 0) is 22.1 Å². The van der Waals surface area contributed by atoms with E-state index in [4.69, 9.17) is 4.74 Å². The summed E-state index contributed by atoms with van der Waals surface area (Å²) in [6, 6.07) is 11.3. The van der Waals surface area contributed by atoms with Gasteiger partial charge in [-0.05, 0) is 29.2 Å². The number of benzene rings is 2. The van der Waals surface area contributed by atoms with E-state index in [1.54, 1.807) is 11.0 Å². The summed E-state index contributed by atoms with van der Waals surface area (Å²) in [5, 5.41) is 0.941. The summed E-state index contributed by atoms with van der Waals surface area (Å²) in [5.74, 6) is -0.565. The van der Waals surface area contributed by atoms with Crippen molar-refractivity contribution in [2.75, 3.05) is 26.3 Å². The fraction of sp³-hybridized carbons (Fsp3) is 0.375. The maximum atomic E-state index is 13.4. The van der Waals surface area contributed by atoms with Crippen LogP contribution in [0.5, 0.6) is 0 Å². The standard InChI is InChI=1S/C24H25F3N2O2/c1-2-16-5-4-8-19-21(15-28-23(16)19)20(14-22(30)29-9-11-31-12-10-29)17-6-3-7-18(13-17)24(25,26)27/h3-8,13,15,20,28H,2,9-12,14H2,1H3. The van der Waals surface area contributed by atoms with Crippen LogP contribution in [-0.4, -0.2) is 42.1 Å². The number of carbonyl (C=O) groups is 1. The molecule has 0 saturated carbocycles. The Labute approximate surface area is 179 Å². The molecule has 164 valence electrons. The van der Waals surface area contributed by atoms with Crippen molar-refractivity contribution in [2.24, 2.45) is 0 Å². The second kappa shape index (κ2) is 8.75. The van der Waals surface area contributed by atoms with Gasteiger partial charge in [0.15, 0.2) is 0 Å². The van der Waals surface area contributed by atoms with Gasteiger partial charge in [-0.25, -0.2) is 0 Å². The lowest BCUT2D eigenvalue weighted by molar-refractivity contribution is -0.137. The van der Waals surface area contributed by atoms with E-state index in [-0.39, 0.29) is 12.3 Å². The lowest BCUT2D eigenvalue weighted by Crippen LogP contribution is -2.41. The van der Waals surface area contributed by atoms with E-state index in [9.17, 15) is 18.0 Å². The number of para-hydroxylation sites is 1. The Morgan fingerprint density at radius 1 is 1.16 bits per heavy atom. The van der Waals surface area contributed by atoms with Gasteiger partial charge >= 0.3 is 6.18 Å². The van der Waals surface area contributed by atoms with Gasteiger partial charge in [0.05, 0.1) is 18.8 Å². The first kappa shape index (κ1) is 21.4. The van der Waals surface area contributed by atoms with Crippen LogP contribution >= 0.6 is 0 Å². The maximum absolute atomic E-state index is 13.4. The van der Waals surface area contributed by atoms with Gasteiger partial charge in [0.2, 0.25) is 5.91 Å². The topological polar surface area (TPSA) is 45.3 Å². The van der Waals surface area contributed by atoms with Crippen molar-refractivity contribution >= 4 is 16.8 Å². The molecule has 0 bridgehead atoms. The molecule has 0 radical (unpaired) electrons. The third kappa shape index (κ3) is 4.46. The van der Waals surface area contributed by atoms with Gasteiger partial charge in [-0.15, -0.1) is 0 Å². The number of aromatic nitrogens is 1. The van der Waals surface area contributed by atoms with Crippen LogP contribution in [0.25, 0.3) is 10.9 Å². The molecule has 3 aromatic rings. The highest BCUT2D eigenvalue weighted by Gasteiger charge is 2.32. The summed E-state index contributed by atoms with van der Waals surface area (Å²) in [7, 11) is 0. The van der Waals surface area contributed by atoms with Gasteiger partial charge in [-0.1, -0.05) is 43.3 Å². The fourth-order valence-electron chi connectivity index (χ4n) is 4.28. The second-order valence-electron chi connectivity index (χ2n) is 7.81. The smallest absolute Gasteiger partial charge is 0.378 e. The zero-order chi connectivity index (χ0) is 22.0. The molecule has 0 aliphatic carbocycles. The molecule has 1 aliphatic heterocycles. The highest BCUT2D eigenvalue weighted by atomic mass is 19.4. The van der Waals surface area contributed by atoms with E-state index in [1.807, 2.05) is 24.4 Å². The number of amides is 1. The minimum absolute atomic E-state index is 0.0771. The van der Waals surface area contributed by atoms with Gasteiger partial charge in [0.25, 0.3) is 0 Å². The van der Waals surface area contributed by atoms with E-state index >= 15 is 0 Å². The number of alkyl halides is 3. The van der Waals surface area contributed by atoms with Crippen molar-refractivity contribution in [3.05, 3.63) is 70.9 Å². The van der Waals surface area contributed by atoms with Gasteiger partial charge in [0, 0.05) is 42.5 Å². The van der Waals surface area contributed by atoms with Crippen molar-refractivity contribution in [1.29, 1.82) is 0 Å². The number of H-pyrrole nitrogens is 1. The number of nitrogens with one attached hydrogen (secondary N) is 1. The molecule has 0 spiro atoms. The summed E-state index contributed by atoms with van der Waals surface area (Å²) in [4.78, 5) is 18.1. The second-order valence-corrected chi connectivity index (χ2v) is 7.81. The molecule has 1 unspecified atom stereocenters. The molecule has 31 heavy (non-hydrogen) atoms. The van der Waals surface area contributed by atoms with E-state index in [1.165, 1.54) is 12.1 Å². The lowest BCUT2D eigenvalue weighted by Gasteiger charge is -2.29. The third-order valence-corrected chi connectivity index (χ3v) is 5.95. The zero-order valence-corrected chi connectivity index (χ0v) is 17.3. The van der Waals surface area contributed by atoms with Crippen LogP contribution in [0.3, 0.4) is 0 Å². The molecule has 1 fully saturated rings. The molecule has 4 rings (SSSR count). The predicted molar refractivity (Wildman–Crippen MR) is 113 cm³/mol. The summed E-state index contributed by atoms with van der Waals surface area (Å²) >= 11 is 0. The first-order valence-electron chi connectivity index (χ1n) is 10.5. The van der Waals surface area contributed by atoms with Crippen LogP contribution in [0.4, 0.5) is 13.2 Å². The first-order chi connectivity index (χ1) is 14.9. The van der Waals surface area contributed by atoms with E-state index in [2.05, 4.69) is 11.9 Å². The Hall–Kier alpha value is -2.80. The number of aryl methyl sites for hydroxylation is 1. The van der Waals surface area contributed by atoms with Gasteiger partial charge < -0.3 is 14.6 Å². The number of rotatable bonds is 5. The van der Waals surface area contributed by atoms with Crippen molar-refractivity contribution < 1.29 is 22.7 Å². The number of nitrogens with zero attached hydrogens (tertiary/aromatic N) is 1. The van der Waals surface area contributed by atoms with E-state index < -0.39 is 17.7 Å². The summed E-state index contributed by atoms with van der Waals surface area (Å²) in [6.07, 6.45) is -1.67. The Morgan fingerprint density at radius 3 is 2.61 bits per heavy atom. The van der Waals surface area contributed by atoms with E-state index in [0.717, 1.165) is 34.5 Å². The molecule has 1 N–H and O–H groups in total. The molecule has 2 heterocycles. The first-order valence-corrected chi connectivity index (χ1v) is 10.5. The molecule has 1 atom stereocenters. The number of aromatic amines is 1. The zero-order valence-electron chi connectivity index (χ0n) is 17.3. The van der Waals surface area contributed by atoms with Crippen molar-refractivity contribution in [2.45, 2.75) is 31.9 Å². The quantitative estimate of drug-likeness (QED) is 0.610. The Bertz CT molecular complexity index is 1070. The minimum atomic E-state index is -4.44. The number of morpholine rings is 1. The van der Waals surface area contributed by atoms with Crippen molar-refractivity contribution in [1.82, 2.24) is 9.88 Å². The largest absolute Gasteiger partial charge is 0.416 e. The molecule has 7 heteroatoms. The number of fused-ring (bicyclic) bond motifs is 1. The number of halogens is 3. The minimum Gasteiger partial charge on any atom is -0.378 e. The van der Waals surface area contributed by atoms with Crippen molar-refractivity contribution in [3.8, 4) is 0 Å². The van der Waals surface area contributed by atoms with Gasteiger partial charge in [-0.2, -0.15) is 13.2 Å². The highest BCUT2D eigenvalue weighted by Crippen LogP contribution is 2.37. The monoisotopic (exact) mass is 430 g/mol. The third-order valence-electron chi connectivity index (χ3n) is 5.95. The number of hydrogen-bond donors (Lipinski definition) is 1. The van der Waals surface area contributed by atoms with Gasteiger partial charge in [0.1, 0.15) is 0 Å². The number of hydrogen-bond acceptors (Lipinski definition) is 2. The van der Waals surface area contributed by atoms with Crippen molar-refractivity contribution in [3.63, 3.8) is 0 Å². The Balaban J connectivity index is 1.77. The summed E-state index contributed by atoms with van der Waals surface area (Å²) in [5.41, 5.74) is 2.72. The molecule has 1 aliphatic rings. The summed E-state index contributed by atoms with van der Waals surface area (Å²) in [6.45, 7) is 4.02.